The predicted molar refractivity (Wildman–Crippen MR) is 103 cm³/mol. The van der Waals surface area contributed by atoms with Crippen molar-refractivity contribution in [2.24, 2.45) is 7.05 Å². The Labute approximate surface area is 165 Å². The van der Waals surface area contributed by atoms with Crippen molar-refractivity contribution in [2.75, 3.05) is 39.4 Å². The first-order chi connectivity index (χ1) is 13.7. The first kappa shape index (κ1) is 18.9. The number of hydrogen-bond acceptors (Lipinski definition) is 6. The Hall–Kier alpha value is -2.45. The second-order valence-corrected chi connectivity index (χ2v) is 7.38. The van der Waals surface area contributed by atoms with Crippen molar-refractivity contribution in [1.29, 1.82) is 0 Å². The van der Waals surface area contributed by atoms with E-state index in [1.807, 2.05) is 40.8 Å². The molecule has 0 saturated carbocycles. The summed E-state index contributed by atoms with van der Waals surface area (Å²) in [6, 6.07) is 7.55. The summed E-state index contributed by atoms with van der Waals surface area (Å²) in [5.74, 6) is 1.80. The van der Waals surface area contributed by atoms with Crippen molar-refractivity contribution < 1.29 is 14.3 Å². The van der Waals surface area contributed by atoms with Crippen LogP contribution in [-0.4, -0.2) is 76.0 Å². The van der Waals surface area contributed by atoms with Gasteiger partial charge >= 0.3 is 0 Å². The number of likely N-dealkylation sites (tertiary alicyclic amines) is 1. The smallest absolute Gasteiger partial charge is 0.254 e. The van der Waals surface area contributed by atoms with E-state index in [0.717, 1.165) is 44.0 Å². The molecular weight excluding hydrogens is 358 g/mol. The largest absolute Gasteiger partial charge is 0.490 e. The maximum Gasteiger partial charge on any atom is 0.254 e. The second kappa shape index (κ2) is 8.70. The van der Waals surface area contributed by atoms with Crippen LogP contribution in [-0.2, 0) is 18.3 Å². The van der Waals surface area contributed by atoms with Gasteiger partial charge in [0.15, 0.2) is 0 Å². The van der Waals surface area contributed by atoms with Crippen LogP contribution in [0.4, 0.5) is 0 Å². The molecule has 2 aliphatic rings. The molecule has 2 aromatic rings. The molecule has 0 spiro atoms. The minimum absolute atomic E-state index is 0.0484. The van der Waals surface area contributed by atoms with E-state index >= 15 is 0 Å². The van der Waals surface area contributed by atoms with E-state index in [-0.39, 0.29) is 12.0 Å². The number of piperidine rings is 1. The lowest BCUT2D eigenvalue weighted by atomic mass is 10.1. The number of benzene rings is 1. The Balaban J connectivity index is 1.30. The highest BCUT2D eigenvalue weighted by Gasteiger charge is 2.23. The quantitative estimate of drug-likeness (QED) is 0.773. The van der Waals surface area contributed by atoms with Crippen LogP contribution in [0.15, 0.2) is 30.6 Å². The average molecular weight is 385 g/mol. The number of morpholine rings is 1. The van der Waals surface area contributed by atoms with Gasteiger partial charge in [-0.15, -0.1) is 10.2 Å². The zero-order chi connectivity index (χ0) is 19.3. The highest BCUT2D eigenvalue weighted by molar-refractivity contribution is 5.94. The lowest BCUT2D eigenvalue weighted by Gasteiger charge is -2.32. The number of aryl methyl sites for hydroxylation is 1. The second-order valence-electron chi connectivity index (χ2n) is 7.38. The van der Waals surface area contributed by atoms with Gasteiger partial charge in [0, 0.05) is 38.8 Å². The van der Waals surface area contributed by atoms with Crippen LogP contribution in [0.1, 0.15) is 29.0 Å². The van der Waals surface area contributed by atoms with E-state index in [9.17, 15) is 4.79 Å². The Bertz CT molecular complexity index is 795. The predicted octanol–water partition coefficient (Wildman–Crippen LogP) is 1.33. The molecule has 0 atom stereocenters. The van der Waals surface area contributed by atoms with Gasteiger partial charge in [-0.1, -0.05) is 6.07 Å². The monoisotopic (exact) mass is 385 g/mol. The third-order valence-electron chi connectivity index (χ3n) is 5.39. The van der Waals surface area contributed by atoms with Gasteiger partial charge in [-0.05, 0) is 31.0 Å². The van der Waals surface area contributed by atoms with Gasteiger partial charge in [-0.25, -0.2) is 0 Å². The Kier molecular flexibility index (Phi) is 5.87. The number of nitrogens with zero attached hydrogens (tertiary/aromatic N) is 5. The van der Waals surface area contributed by atoms with Crippen LogP contribution in [0, 0.1) is 0 Å². The molecule has 2 saturated heterocycles. The van der Waals surface area contributed by atoms with Crippen molar-refractivity contribution in [3.05, 3.63) is 42.0 Å². The zero-order valence-corrected chi connectivity index (χ0v) is 16.3. The molecule has 28 heavy (non-hydrogen) atoms. The zero-order valence-electron chi connectivity index (χ0n) is 16.3. The maximum atomic E-state index is 12.7. The van der Waals surface area contributed by atoms with Crippen molar-refractivity contribution in [3.8, 4) is 5.75 Å². The Morgan fingerprint density at radius 1 is 1.21 bits per heavy atom. The van der Waals surface area contributed by atoms with Crippen molar-refractivity contribution in [3.63, 3.8) is 0 Å². The summed E-state index contributed by atoms with van der Waals surface area (Å²) in [6.07, 6.45) is 3.82. The lowest BCUT2D eigenvalue weighted by Crippen LogP contribution is -2.40. The number of carbonyl (C=O) groups is 1. The normalized spacial score (nSPS) is 19.0. The number of aromatic nitrogens is 3. The summed E-state index contributed by atoms with van der Waals surface area (Å²) in [7, 11) is 1.97. The number of amides is 1. The van der Waals surface area contributed by atoms with Crippen molar-refractivity contribution in [2.45, 2.75) is 25.5 Å². The molecule has 150 valence electrons. The van der Waals surface area contributed by atoms with Crippen LogP contribution in [0.3, 0.4) is 0 Å². The molecule has 1 amide bonds. The van der Waals surface area contributed by atoms with Crippen LogP contribution >= 0.6 is 0 Å². The first-order valence-corrected chi connectivity index (χ1v) is 9.88. The highest BCUT2D eigenvalue weighted by atomic mass is 16.5. The van der Waals surface area contributed by atoms with Crippen LogP contribution in [0.25, 0.3) is 0 Å². The average Bonchev–Trinajstić information content (AvgIpc) is 3.14. The van der Waals surface area contributed by atoms with Crippen LogP contribution in [0.5, 0.6) is 5.75 Å². The van der Waals surface area contributed by atoms with E-state index < -0.39 is 0 Å². The molecule has 0 radical (unpaired) electrons. The fraction of sp³-hybridized carbons (Fsp3) is 0.550. The first-order valence-electron chi connectivity index (χ1n) is 9.88. The number of hydrogen-bond donors (Lipinski definition) is 0. The van der Waals surface area contributed by atoms with Crippen LogP contribution < -0.4 is 4.74 Å². The minimum Gasteiger partial charge on any atom is -0.490 e. The molecule has 0 unspecified atom stereocenters. The molecule has 3 heterocycles. The van der Waals surface area contributed by atoms with Crippen LogP contribution in [0.2, 0.25) is 0 Å². The summed E-state index contributed by atoms with van der Waals surface area (Å²) in [5.41, 5.74) is 0.680. The molecule has 0 N–H and O–H groups in total. The van der Waals surface area contributed by atoms with E-state index in [0.29, 0.717) is 31.9 Å². The van der Waals surface area contributed by atoms with Gasteiger partial charge in [0.2, 0.25) is 0 Å². The van der Waals surface area contributed by atoms with E-state index in [2.05, 4.69) is 15.1 Å². The molecule has 2 fully saturated rings. The van der Waals surface area contributed by atoms with Gasteiger partial charge in [0.05, 0.1) is 19.8 Å². The topological polar surface area (TPSA) is 72.7 Å². The Morgan fingerprint density at radius 2 is 2.00 bits per heavy atom. The van der Waals surface area contributed by atoms with Gasteiger partial charge < -0.3 is 18.9 Å². The van der Waals surface area contributed by atoms with E-state index in [1.165, 1.54) is 0 Å². The van der Waals surface area contributed by atoms with Crippen molar-refractivity contribution in [1.82, 2.24) is 24.6 Å². The fourth-order valence-electron chi connectivity index (χ4n) is 3.68. The van der Waals surface area contributed by atoms with E-state index in [4.69, 9.17) is 9.47 Å². The number of rotatable bonds is 5. The summed E-state index contributed by atoms with van der Waals surface area (Å²) < 4.78 is 13.5. The minimum atomic E-state index is 0.0484. The third kappa shape index (κ3) is 4.51. The molecule has 1 aromatic heterocycles. The molecule has 0 bridgehead atoms. The van der Waals surface area contributed by atoms with E-state index in [1.54, 1.807) is 6.33 Å². The number of carbonyl (C=O) groups excluding carboxylic acids is 1. The molecule has 8 nitrogen and oxygen atoms in total. The molecule has 1 aromatic carbocycles. The maximum absolute atomic E-state index is 12.7. The summed E-state index contributed by atoms with van der Waals surface area (Å²) in [5, 5.41) is 8.10. The van der Waals surface area contributed by atoms with Crippen molar-refractivity contribution >= 4 is 5.91 Å². The van der Waals surface area contributed by atoms with Gasteiger partial charge in [-0.2, -0.15) is 0 Å². The fourth-order valence-corrected chi connectivity index (χ4v) is 3.68. The van der Waals surface area contributed by atoms with Gasteiger partial charge in [0.25, 0.3) is 5.91 Å². The highest BCUT2D eigenvalue weighted by Crippen LogP contribution is 2.22. The third-order valence-corrected chi connectivity index (χ3v) is 5.39. The Morgan fingerprint density at radius 3 is 2.71 bits per heavy atom. The molecule has 0 aliphatic carbocycles. The molecular formula is C20H27N5O3. The SMILES string of the molecule is Cn1cnnc1CN1CCC(Oc2cccc(C(=O)N3CCOCC3)c2)CC1. The molecule has 8 heteroatoms. The molecule has 2 aliphatic heterocycles. The summed E-state index contributed by atoms with van der Waals surface area (Å²) in [6.45, 7) is 5.24. The lowest BCUT2D eigenvalue weighted by molar-refractivity contribution is 0.0302. The standard InChI is InChI=1S/C20H27N5O3/c1-23-15-21-22-19(23)14-24-7-5-17(6-8-24)28-18-4-2-3-16(13-18)20(26)25-9-11-27-12-10-25/h2-4,13,15,17H,5-12,14H2,1H3. The molecule has 4 rings (SSSR count). The van der Waals surface area contributed by atoms with Gasteiger partial charge in [0.1, 0.15) is 24.0 Å². The summed E-state index contributed by atoms with van der Waals surface area (Å²) >= 11 is 0. The summed E-state index contributed by atoms with van der Waals surface area (Å²) in [4.78, 5) is 16.9. The number of ether oxygens (including phenoxy) is 2. The van der Waals surface area contributed by atoms with Gasteiger partial charge in [-0.3, -0.25) is 9.69 Å².